The minimum absolute atomic E-state index is 0.126. The van der Waals surface area contributed by atoms with Crippen molar-refractivity contribution in [2.45, 2.75) is 19.3 Å². The second kappa shape index (κ2) is 8.77. The molecule has 1 fully saturated rings. The second-order valence-electron chi connectivity index (χ2n) is 7.24. The van der Waals surface area contributed by atoms with E-state index in [4.69, 9.17) is 0 Å². The molecule has 0 bridgehead atoms. The molecule has 1 saturated heterocycles. The van der Waals surface area contributed by atoms with E-state index in [2.05, 4.69) is 34.4 Å². The average molecular weight is 452 g/mol. The minimum atomic E-state index is -3.48. The van der Waals surface area contributed by atoms with Gasteiger partial charge in [0.15, 0.2) is 5.65 Å². The summed E-state index contributed by atoms with van der Waals surface area (Å²) in [5.41, 5.74) is 1.09. The highest BCUT2D eigenvalue weighted by Gasteiger charge is 2.23. The fraction of sp³-hybridized carbons (Fsp3) is 0.444. The van der Waals surface area contributed by atoms with Gasteiger partial charge in [-0.05, 0) is 30.9 Å². The number of piperidine rings is 1. The Bertz CT molecular complexity index is 1170. The number of halogens is 2. The summed E-state index contributed by atoms with van der Waals surface area (Å²) in [5, 5.41) is 3.98. The lowest BCUT2D eigenvalue weighted by molar-refractivity contribution is 0.144. The van der Waals surface area contributed by atoms with Crippen LogP contribution >= 0.6 is 0 Å². The first-order chi connectivity index (χ1) is 14.9. The maximum atomic E-state index is 13.1. The van der Waals surface area contributed by atoms with Gasteiger partial charge in [0, 0.05) is 32.7 Å². The molecule has 1 atom stereocenters. The Labute approximate surface area is 177 Å². The van der Waals surface area contributed by atoms with Crippen molar-refractivity contribution in [3.8, 4) is 11.4 Å². The maximum absolute atomic E-state index is 13.1. The van der Waals surface area contributed by atoms with Crippen molar-refractivity contribution < 1.29 is 17.2 Å². The minimum Gasteiger partial charge on any atom is -0.356 e. The molecule has 2 N–H and O–H groups in total. The molecule has 1 unspecified atom stereocenters. The summed E-state index contributed by atoms with van der Waals surface area (Å²) >= 11 is 0. The third-order valence-corrected chi connectivity index (χ3v) is 6.28. The molecule has 166 valence electrons. The van der Waals surface area contributed by atoms with Crippen LogP contribution in [0.5, 0.6) is 0 Å². The van der Waals surface area contributed by atoms with Crippen LogP contribution in [0.1, 0.15) is 25.0 Å². The topological polar surface area (TPSA) is 117 Å². The van der Waals surface area contributed by atoms with E-state index < -0.39 is 16.6 Å². The zero-order valence-electron chi connectivity index (χ0n) is 16.7. The summed E-state index contributed by atoms with van der Waals surface area (Å²) in [6.07, 6.45) is 2.05. The van der Waals surface area contributed by atoms with Gasteiger partial charge in [-0.2, -0.15) is 13.5 Å². The van der Waals surface area contributed by atoms with Crippen molar-refractivity contribution in [3.05, 3.63) is 36.4 Å². The molecule has 4 rings (SSSR count). The molecule has 0 aliphatic carbocycles. The number of nitrogens with one attached hydrogen (secondary N) is 2. The average Bonchev–Trinajstić information content (AvgIpc) is 3.21. The molecule has 0 saturated carbocycles. The highest BCUT2D eigenvalue weighted by molar-refractivity contribution is 7.87. The van der Waals surface area contributed by atoms with Crippen LogP contribution in [0.2, 0.25) is 0 Å². The highest BCUT2D eigenvalue weighted by atomic mass is 32.2. The van der Waals surface area contributed by atoms with Crippen molar-refractivity contribution in [2.24, 2.45) is 5.92 Å². The first kappa shape index (κ1) is 21.5. The molecule has 0 amide bonds. The molecule has 4 heterocycles. The van der Waals surface area contributed by atoms with Gasteiger partial charge in [-0.15, -0.1) is 0 Å². The predicted molar refractivity (Wildman–Crippen MR) is 110 cm³/mol. The number of hydrogen-bond donors (Lipinski definition) is 2. The SMILES string of the molecule is CNS(=O)(=O)NCC1CCCN(c2cc(-c3cnc4ccc(C(F)F)nn34)ncn2)C1. The first-order valence-corrected chi connectivity index (χ1v) is 11.2. The summed E-state index contributed by atoms with van der Waals surface area (Å²) in [4.78, 5) is 14.9. The second-order valence-corrected chi connectivity index (χ2v) is 8.95. The van der Waals surface area contributed by atoms with Crippen LogP contribution in [-0.2, 0) is 10.2 Å². The number of alkyl halides is 2. The van der Waals surface area contributed by atoms with Crippen molar-refractivity contribution in [2.75, 3.05) is 31.6 Å². The molecule has 10 nitrogen and oxygen atoms in total. The molecule has 0 spiro atoms. The van der Waals surface area contributed by atoms with Gasteiger partial charge in [-0.3, -0.25) is 0 Å². The van der Waals surface area contributed by atoms with E-state index in [1.165, 1.54) is 36.2 Å². The Morgan fingerprint density at radius 1 is 1.26 bits per heavy atom. The quantitative estimate of drug-likeness (QED) is 0.556. The van der Waals surface area contributed by atoms with Crippen molar-refractivity contribution in [3.63, 3.8) is 0 Å². The van der Waals surface area contributed by atoms with E-state index in [1.54, 1.807) is 6.07 Å². The van der Waals surface area contributed by atoms with Crippen molar-refractivity contribution in [1.29, 1.82) is 0 Å². The molecule has 13 heteroatoms. The van der Waals surface area contributed by atoms with Crippen molar-refractivity contribution in [1.82, 2.24) is 34.0 Å². The van der Waals surface area contributed by atoms with E-state index in [-0.39, 0.29) is 11.6 Å². The number of anilines is 1. The van der Waals surface area contributed by atoms with Gasteiger partial charge in [0.2, 0.25) is 0 Å². The monoisotopic (exact) mass is 452 g/mol. The molecule has 3 aromatic rings. The lowest BCUT2D eigenvalue weighted by atomic mass is 9.98. The number of imidazole rings is 1. The maximum Gasteiger partial charge on any atom is 0.282 e. The molecule has 0 radical (unpaired) electrons. The lowest BCUT2D eigenvalue weighted by Gasteiger charge is -2.33. The van der Waals surface area contributed by atoms with Crippen LogP contribution in [0.3, 0.4) is 0 Å². The van der Waals surface area contributed by atoms with Gasteiger partial charge in [0.1, 0.15) is 23.5 Å². The number of rotatable bonds is 7. The van der Waals surface area contributed by atoms with E-state index in [1.807, 2.05) is 0 Å². The Balaban J connectivity index is 1.56. The van der Waals surface area contributed by atoms with E-state index in [0.717, 1.165) is 19.4 Å². The van der Waals surface area contributed by atoms with Gasteiger partial charge >= 0.3 is 0 Å². The standard InChI is InChI=1S/C18H22F2N8O2S/c1-21-31(29,30)25-8-12-3-2-6-27(10-12)17-7-14(23-11-24-17)15-9-22-16-5-4-13(18(19)20)26-28(15)16/h4-5,7,9,11-12,18,21,25H,2-3,6,8,10H2,1H3. The summed E-state index contributed by atoms with van der Waals surface area (Å²) in [5.74, 6) is 0.799. The Morgan fingerprint density at radius 3 is 2.87 bits per heavy atom. The Kier molecular flexibility index (Phi) is 6.07. The molecular weight excluding hydrogens is 430 g/mol. The fourth-order valence-corrected chi connectivity index (χ4v) is 4.18. The first-order valence-electron chi connectivity index (χ1n) is 9.74. The normalized spacial score (nSPS) is 17.5. The van der Waals surface area contributed by atoms with E-state index in [0.29, 0.717) is 35.9 Å². The van der Waals surface area contributed by atoms with Crippen LogP contribution in [0.15, 0.2) is 30.7 Å². The van der Waals surface area contributed by atoms with Gasteiger partial charge in [-0.1, -0.05) is 0 Å². The lowest BCUT2D eigenvalue weighted by Crippen LogP contribution is -2.43. The molecule has 0 aromatic carbocycles. The zero-order chi connectivity index (χ0) is 22.0. The molecular formula is C18H22F2N8O2S. The number of aromatic nitrogens is 5. The van der Waals surface area contributed by atoms with Gasteiger partial charge in [-0.25, -0.2) is 37.7 Å². The predicted octanol–water partition coefficient (Wildman–Crippen LogP) is 1.39. The molecule has 31 heavy (non-hydrogen) atoms. The van der Waals surface area contributed by atoms with Gasteiger partial charge in [0.25, 0.3) is 16.6 Å². The van der Waals surface area contributed by atoms with E-state index in [9.17, 15) is 17.2 Å². The number of nitrogens with zero attached hydrogens (tertiary/aromatic N) is 6. The summed E-state index contributed by atoms with van der Waals surface area (Å²) < 4.78 is 55.5. The van der Waals surface area contributed by atoms with Gasteiger partial charge < -0.3 is 4.90 Å². The van der Waals surface area contributed by atoms with Crippen LogP contribution in [0.25, 0.3) is 17.0 Å². The molecule has 3 aromatic heterocycles. The number of hydrogen-bond acceptors (Lipinski definition) is 7. The van der Waals surface area contributed by atoms with Crippen LogP contribution in [0.4, 0.5) is 14.6 Å². The summed E-state index contributed by atoms with van der Waals surface area (Å²) in [7, 11) is -2.12. The van der Waals surface area contributed by atoms with Crippen LogP contribution < -0.4 is 14.3 Å². The zero-order valence-corrected chi connectivity index (χ0v) is 17.6. The third kappa shape index (κ3) is 4.78. The van der Waals surface area contributed by atoms with E-state index >= 15 is 0 Å². The van der Waals surface area contributed by atoms with Crippen LogP contribution in [0, 0.1) is 5.92 Å². The Morgan fingerprint density at radius 2 is 2.10 bits per heavy atom. The van der Waals surface area contributed by atoms with Gasteiger partial charge in [0.05, 0.1) is 11.9 Å². The molecule has 1 aliphatic rings. The smallest absolute Gasteiger partial charge is 0.282 e. The molecule has 1 aliphatic heterocycles. The largest absolute Gasteiger partial charge is 0.356 e. The van der Waals surface area contributed by atoms with Crippen LogP contribution in [-0.4, -0.2) is 59.7 Å². The summed E-state index contributed by atoms with van der Waals surface area (Å²) in [6, 6.07) is 4.50. The fourth-order valence-electron chi connectivity index (χ4n) is 3.58. The number of fused-ring (bicyclic) bond motifs is 1. The summed E-state index contributed by atoms with van der Waals surface area (Å²) in [6.45, 7) is 1.72. The highest BCUT2D eigenvalue weighted by Crippen LogP contribution is 2.26. The Hall–Kier alpha value is -2.77. The van der Waals surface area contributed by atoms with Crippen molar-refractivity contribution >= 4 is 21.7 Å². The third-order valence-electron chi connectivity index (χ3n) is 5.20.